The average Bonchev–Trinajstić information content (AvgIpc) is 3.10. The Hall–Kier alpha value is -1.69. The molecule has 25 heavy (non-hydrogen) atoms. The molecule has 1 spiro atoms. The SMILES string of the molecule is CC1=CC2NC3=C(C(=O)OC3)C3=C(O[Si](C)(C)C(C)(C)C)CCC32O1. The van der Waals surface area contributed by atoms with Gasteiger partial charge >= 0.3 is 5.97 Å². The molecule has 2 atom stereocenters. The summed E-state index contributed by atoms with van der Waals surface area (Å²) in [6.07, 6.45) is 3.73. The van der Waals surface area contributed by atoms with Crippen molar-refractivity contribution in [3.63, 3.8) is 0 Å². The van der Waals surface area contributed by atoms with Gasteiger partial charge in [-0.25, -0.2) is 4.79 Å². The van der Waals surface area contributed by atoms with Crippen molar-refractivity contribution >= 4 is 14.3 Å². The monoisotopic (exact) mass is 361 g/mol. The lowest BCUT2D eigenvalue weighted by molar-refractivity contribution is -0.135. The van der Waals surface area contributed by atoms with Crippen molar-refractivity contribution in [1.29, 1.82) is 0 Å². The Bertz CT molecular complexity index is 756. The molecular formula is C19H27NO4Si. The fourth-order valence-electron chi connectivity index (χ4n) is 3.98. The second kappa shape index (κ2) is 4.93. The summed E-state index contributed by atoms with van der Waals surface area (Å²) in [5.74, 6) is 1.58. The summed E-state index contributed by atoms with van der Waals surface area (Å²) < 4.78 is 18.3. The molecule has 0 aromatic carbocycles. The molecule has 0 fully saturated rings. The number of allylic oxidation sites excluding steroid dienone is 2. The van der Waals surface area contributed by atoms with Crippen LogP contribution in [-0.2, 0) is 18.7 Å². The third-order valence-electron chi connectivity index (χ3n) is 6.29. The first kappa shape index (κ1) is 16.8. The highest BCUT2D eigenvalue weighted by molar-refractivity contribution is 6.74. The predicted octanol–water partition coefficient (Wildman–Crippen LogP) is 3.51. The van der Waals surface area contributed by atoms with Gasteiger partial charge in [0.15, 0.2) is 5.60 Å². The van der Waals surface area contributed by atoms with Crippen LogP contribution in [0.1, 0.15) is 40.5 Å². The maximum Gasteiger partial charge on any atom is 0.340 e. The molecule has 1 aliphatic carbocycles. The Morgan fingerprint density at radius 1 is 1.36 bits per heavy atom. The first-order chi connectivity index (χ1) is 11.6. The maximum atomic E-state index is 12.5. The number of hydrogen-bond acceptors (Lipinski definition) is 5. The molecule has 1 N–H and O–H groups in total. The Labute approximate surface area is 150 Å². The van der Waals surface area contributed by atoms with Gasteiger partial charge in [0.25, 0.3) is 0 Å². The van der Waals surface area contributed by atoms with E-state index in [1.54, 1.807) is 0 Å². The zero-order valence-electron chi connectivity index (χ0n) is 15.9. The van der Waals surface area contributed by atoms with Crippen molar-refractivity contribution < 1.29 is 18.7 Å². The van der Waals surface area contributed by atoms with Crippen LogP contribution >= 0.6 is 0 Å². The second-order valence-electron chi connectivity index (χ2n) is 8.98. The molecule has 4 aliphatic rings. The third-order valence-corrected chi connectivity index (χ3v) is 10.7. The van der Waals surface area contributed by atoms with Crippen LogP contribution in [0.2, 0.25) is 18.1 Å². The lowest BCUT2D eigenvalue weighted by atomic mass is 9.80. The first-order valence-electron chi connectivity index (χ1n) is 9.02. The smallest absolute Gasteiger partial charge is 0.340 e. The number of esters is 1. The Morgan fingerprint density at radius 2 is 2.08 bits per heavy atom. The van der Waals surface area contributed by atoms with Crippen LogP contribution in [0, 0.1) is 0 Å². The van der Waals surface area contributed by atoms with Gasteiger partial charge < -0.3 is 19.2 Å². The van der Waals surface area contributed by atoms with Crippen LogP contribution in [-0.4, -0.2) is 32.5 Å². The van der Waals surface area contributed by atoms with Gasteiger partial charge in [-0.15, -0.1) is 0 Å². The fourth-order valence-corrected chi connectivity index (χ4v) is 5.11. The average molecular weight is 362 g/mol. The highest BCUT2D eigenvalue weighted by Gasteiger charge is 2.59. The zero-order valence-corrected chi connectivity index (χ0v) is 16.9. The Kier molecular flexibility index (Phi) is 3.31. The number of nitrogens with one attached hydrogen (secondary N) is 1. The van der Waals surface area contributed by atoms with Crippen molar-refractivity contribution in [3.05, 3.63) is 34.4 Å². The minimum Gasteiger partial charge on any atom is -0.546 e. The van der Waals surface area contributed by atoms with E-state index in [2.05, 4.69) is 45.3 Å². The number of hydrogen-bond donors (Lipinski definition) is 1. The number of fused-ring (bicyclic) bond motifs is 1. The lowest BCUT2D eigenvalue weighted by Crippen LogP contribution is -2.52. The van der Waals surface area contributed by atoms with Gasteiger partial charge in [0.1, 0.15) is 6.61 Å². The second-order valence-corrected chi connectivity index (χ2v) is 13.7. The molecule has 0 amide bonds. The van der Waals surface area contributed by atoms with E-state index in [4.69, 9.17) is 13.9 Å². The molecule has 3 aliphatic heterocycles. The van der Waals surface area contributed by atoms with Crippen molar-refractivity contribution in [2.45, 2.75) is 70.3 Å². The normalized spacial score (nSPS) is 31.0. The van der Waals surface area contributed by atoms with Gasteiger partial charge in [0, 0.05) is 12.8 Å². The summed E-state index contributed by atoms with van der Waals surface area (Å²) in [4.78, 5) is 12.5. The van der Waals surface area contributed by atoms with Crippen molar-refractivity contribution in [2.75, 3.05) is 6.61 Å². The summed E-state index contributed by atoms with van der Waals surface area (Å²) >= 11 is 0. The molecule has 4 rings (SSSR count). The quantitative estimate of drug-likeness (QED) is 0.602. The van der Waals surface area contributed by atoms with E-state index in [1.165, 1.54) is 0 Å². The zero-order chi connectivity index (χ0) is 18.2. The summed E-state index contributed by atoms with van der Waals surface area (Å²) in [5.41, 5.74) is 1.93. The molecule has 5 nitrogen and oxygen atoms in total. The topological polar surface area (TPSA) is 56.8 Å². The van der Waals surface area contributed by atoms with Gasteiger partial charge in [0.2, 0.25) is 8.32 Å². The number of rotatable bonds is 2. The third kappa shape index (κ3) is 2.22. The predicted molar refractivity (Wildman–Crippen MR) is 97.0 cm³/mol. The molecule has 0 aromatic rings. The first-order valence-corrected chi connectivity index (χ1v) is 11.9. The van der Waals surface area contributed by atoms with E-state index < -0.39 is 13.9 Å². The van der Waals surface area contributed by atoms with E-state index in [9.17, 15) is 4.79 Å². The molecule has 0 saturated heterocycles. The summed E-state index contributed by atoms with van der Waals surface area (Å²) in [6.45, 7) is 13.5. The summed E-state index contributed by atoms with van der Waals surface area (Å²) in [7, 11) is -2.00. The molecule has 0 radical (unpaired) electrons. The minimum atomic E-state index is -2.00. The Balaban J connectivity index is 1.84. The standard InChI is InChI=1S/C19H27NO4Si/c1-11-9-14-19(23-11)8-7-13(24-25(5,6)18(2,3)4)16(19)15-12(20-14)10-22-17(15)21/h9,14,20H,7-8,10H2,1-6H3. The van der Waals surface area contributed by atoms with E-state index >= 15 is 0 Å². The molecular weight excluding hydrogens is 334 g/mol. The van der Waals surface area contributed by atoms with Crippen molar-refractivity contribution in [1.82, 2.24) is 5.32 Å². The highest BCUT2D eigenvalue weighted by atomic mass is 28.4. The van der Waals surface area contributed by atoms with Crippen molar-refractivity contribution in [3.8, 4) is 0 Å². The van der Waals surface area contributed by atoms with Gasteiger partial charge in [-0.2, -0.15) is 0 Å². The van der Waals surface area contributed by atoms with Gasteiger partial charge in [0.05, 0.1) is 34.4 Å². The van der Waals surface area contributed by atoms with E-state index in [-0.39, 0.29) is 17.0 Å². The van der Waals surface area contributed by atoms with Crippen LogP contribution < -0.4 is 5.32 Å². The van der Waals surface area contributed by atoms with Crippen LogP contribution in [0.15, 0.2) is 34.4 Å². The van der Waals surface area contributed by atoms with Gasteiger partial charge in [-0.1, -0.05) is 20.8 Å². The van der Waals surface area contributed by atoms with E-state index in [1.807, 2.05) is 6.92 Å². The largest absolute Gasteiger partial charge is 0.546 e. The molecule has 136 valence electrons. The molecule has 6 heteroatoms. The van der Waals surface area contributed by atoms with Crippen LogP contribution in [0.25, 0.3) is 0 Å². The van der Waals surface area contributed by atoms with Gasteiger partial charge in [-0.05, 0) is 31.1 Å². The van der Waals surface area contributed by atoms with E-state index in [0.717, 1.165) is 35.6 Å². The minimum absolute atomic E-state index is 0.0382. The molecule has 3 heterocycles. The number of carbonyl (C=O) groups is 1. The summed E-state index contributed by atoms with van der Waals surface area (Å²) in [5, 5.41) is 3.57. The van der Waals surface area contributed by atoms with Crippen LogP contribution in [0.3, 0.4) is 0 Å². The number of ether oxygens (including phenoxy) is 2. The summed E-state index contributed by atoms with van der Waals surface area (Å²) in [6, 6.07) is 0.0382. The molecule has 0 bridgehead atoms. The van der Waals surface area contributed by atoms with Crippen LogP contribution in [0.4, 0.5) is 0 Å². The van der Waals surface area contributed by atoms with E-state index in [0.29, 0.717) is 12.2 Å². The molecule has 0 saturated carbocycles. The number of cyclic esters (lactones) is 1. The fraction of sp³-hybridized carbons (Fsp3) is 0.632. The lowest BCUT2D eigenvalue weighted by Gasteiger charge is -2.40. The van der Waals surface area contributed by atoms with Gasteiger partial charge in [-0.3, -0.25) is 0 Å². The molecule has 2 unspecified atom stereocenters. The van der Waals surface area contributed by atoms with Crippen molar-refractivity contribution in [2.24, 2.45) is 0 Å². The molecule has 0 aromatic heterocycles. The Morgan fingerprint density at radius 3 is 2.76 bits per heavy atom. The van der Waals surface area contributed by atoms with Crippen LogP contribution in [0.5, 0.6) is 0 Å². The highest BCUT2D eigenvalue weighted by Crippen LogP contribution is 2.54. The number of carbonyl (C=O) groups excluding carboxylic acids is 1. The maximum absolute atomic E-state index is 12.5.